The van der Waals surface area contributed by atoms with Crippen LogP contribution in [0.25, 0.3) is 0 Å². The molecule has 4 nitrogen and oxygen atoms in total. The molecule has 112 valence electrons. The van der Waals surface area contributed by atoms with Crippen molar-refractivity contribution in [1.29, 1.82) is 0 Å². The molecule has 0 bridgehead atoms. The van der Waals surface area contributed by atoms with Crippen LogP contribution in [-0.2, 0) is 0 Å². The Bertz CT molecular complexity index is 538. The van der Waals surface area contributed by atoms with Crippen molar-refractivity contribution in [2.75, 3.05) is 19.6 Å². The lowest BCUT2D eigenvalue weighted by atomic mass is 10.1. The van der Waals surface area contributed by atoms with Gasteiger partial charge < -0.3 is 5.32 Å². The van der Waals surface area contributed by atoms with Crippen LogP contribution < -0.4 is 5.32 Å². The van der Waals surface area contributed by atoms with Gasteiger partial charge in [-0.2, -0.15) is 11.3 Å². The standard InChI is InChI=1S/C16H21N3OS/c1-3-19(4-2)15(14-7-9-21-12-14)11-18-16(20)13-6-5-8-17-10-13/h5-10,12,15H,3-4,11H2,1-2H3,(H,18,20)/t15-/m1/s1. The molecule has 5 heteroatoms. The van der Waals surface area contributed by atoms with E-state index in [1.165, 1.54) is 5.56 Å². The van der Waals surface area contributed by atoms with E-state index in [1.54, 1.807) is 35.9 Å². The summed E-state index contributed by atoms with van der Waals surface area (Å²) in [5.74, 6) is -0.0736. The number of hydrogen-bond acceptors (Lipinski definition) is 4. The van der Waals surface area contributed by atoms with E-state index < -0.39 is 0 Å². The highest BCUT2D eigenvalue weighted by Gasteiger charge is 2.19. The summed E-state index contributed by atoms with van der Waals surface area (Å²) in [6.07, 6.45) is 3.26. The van der Waals surface area contributed by atoms with Crippen molar-refractivity contribution in [2.45, 2.75) is 19.9 Å². The van der Waals surface area contributed by atoms with Gasteiger partial charge in [0.2, 0.25) is 0 Å². The summed E-state index contributed by atoms with van der Waals surface area (Å²) in [4.78, 5) is 18.5. The number of rotatable bonds is 7. The Hall–Kier alpha value is -1.72. The first-order valence-electron chi connectivity index (χ1n) is 7.20. The van der Waals surface area contributed by atoms with Crippen LogP contribution in [0.2, 0.25) is 0 Å². The van der Waals surface area contributed by atoms with E-state index in [-0.39, 0.29) is 11.9 Å². The van der Waals surface area contributed by atoms with E-state index in [1.807, 2.05) is 0 Å². The Balaban J connectivity index is 2.04. The lowest BCUT2D eigenvalue weighted by Gasteiger charge is -2.29. The van der Waals surface area contributed by atoms with E-state index >= 15 is 0 Å². The Labute approximate surface area is 129 Å². The smallest absolute Gasteiger partial charge is 0.252 e. The Morgan fingerprint density at radius 1 is 1.38 bits per heavy atom. The maximum atomic E-state index is 12.2. The average Bonchev–Trinajstić information content (AvgIpc) is 3.06. The van der Waals surface area contributed by atoms with Crippen LogP contribution in [0.3, 0.4) is 0 Å². The van der Waals surface area contributed by atoms with Gasteiger partial charge >= 0.3 is 0 Å². The summed E-state index contributed by atoms with van der Waals surface area (Å²) in [5, 5.41) is 7.25. The van der Waals surface area contributed by atoms with Crippen LogP contribution in [0.4, 0.5) is 0 Å². The van der Waals surface area contributed by atoms with Gasteiger partial charge in [0, 0.05) is 18.9 Å². The van der Waals surface area contributed by atoms with Gasteiger partial charge in [0.05, 0.1) is 11.6 Å². The molecule has 2 aromatic heterocycles. The molecule has 2 rings (SSSR count). The number of carbonyl (C=O) groups excluding carboxylic acids is 1. The third-order valence-electron chi connectivity index (χ3n) is 3.56. The Kier molecular flexibility index (Phi) is 5.90. The average molecular weight is 303 g/mol. The predicted molar refractivity (Wildman–Crippen MR) is 86.6 cm³/mol. The summed E-state index contributed by atoms with van der Waals surface area (Å²) in [6, 6.07) is 5.89. The van der Waals surface area contributed by atoms with Crippen molar-refractivity contribution in [2.24, 2.45) is 0 Å². The van der Waals surface area contributed by atoms with Crippen molar-refractivity contribution in [1.82, 2.24) is 15.2 Å². The summed E-state index contributed by atoms with van der Waals surface area (Å²) < 4.78 is 0. The minimum Gasteiger partial charge on any atom is -0.350 e. The maximum Gasteiger partial charge on any atom is 0.252 e. The van der Waals surface area contributed by atoms with Crippen molar-refractivity contribution >= 4 is 17.2 Å². The van der Waals surface area contributed by atoms with E-state index in [9.17, 15) is 4.79 Å². The molecule has 0 aliphatic rings. The van der Waals surface area contributed by atoms with Gasteiger partial charge in [-0.25, -0.2) is 0 Å². The number of pyridine rings is 1. The molecule has 21 heavy (non-hydrogen) atoms. The summed E-state index contributed by atoms with van der Waals surface area (Å²) in [6.45, 7) is 6.81. The molecule has 0 saturated heterocycles. The zero-order valence-electron chi connectivity index (χ0n) is 12.5. The first-order chi connectivity index (χ1) is 10.3. The van der Waals surface area contributed by atoms with Gasteiger partial charge in [0.15, 0.2) is 0 Å². The highest BCUT2D eigenvalue weighted by molar-refractivity contribution is 7.07. The van der Waals surface area contributed by atoms with Crippen molar-refractivity contribution < 1.29 is 4.79 Å². The molecule has 0 fully saturated rings. The number of aromatic nitrogens is 1. The van der Waals surface area contributed by atoms with E-state index in [4.69, 9.17) is 0 Å². The minimum absolute atomic E-state index is 0.0736. The number of nitrogens with zero attached hydrogens (tertiary/aromatic N) is 2. The molecule has 1 atom stereocenters. The van der Waals surface area contributed by atoms with E-state index in [0.717, 1.165) is 13.1 Å². The fourth-order valence-electron chi connectivity index (χ4n) is 2.38. The molecule has 0 saturated carbocycles. The molecular formula is C16H21N3OS. The van der Waals surface area contributed by atoms with Crippen molar-refractivity contribution in [3.8, 4) is 0 Å². The van der Waals surface area contributed by atoms with Gasteiger partial charge in [-0.15, -0.1) is 0 Å². The molecule has 0 unspecified atom stereocenters. The first-order valence-corrected chi connectivity index (χ1v) is 8.14. The molecule has 2 heterocycles. The highest BCUT2D eigenvalue weighted by Crippen LogP contribution is 2.22. The second-order valence-electron chi connectivity index (χ2n) is 4.75. The summed E-state index contributed by atoms with van der Waals surface area (Å²) in [5.41, 5.74) is 1.86. The molecule has 0 radical (unpaired) electrons. The summed E-state index contributed by atoms with van der Waals surface area (Å²) in [7, 11) is 0. The van der Waals surface area contributed by atoms with E-state index in [2.05, 4.69) is 45.9 Å². The number of nitrogens with one attached hydrogen (secondary N) is 1. The number of hydrogen-bond donors (Lipinski definition) is 1. The molecule has 1 N–H and O–H groups in total. The van der Waals surface area contributed by atoms with Gasteiger partial charge in [-0.3, -0.25) is 14.7 Å². The molecule has 1 amide bonds. The maximum absolute atomic E-state index is 12.2. The predicted octanol–water partition coefficient (Wildman–Crippen LogP) is 2.96. The quantitative estimate of drug-likeness (QED) is 0.855. The van der Waals surface area contributed by atoms with Gasteiger partial charge in [0.25, 0.3) is 5.91 Å². The minimum atomic E-state index is -0.0736. The Morgan fingerprint density at radius 3 is 2.76 bits per heavy atom. The molecule has 0 spiro atoms. The van der Waals surface area contributed by atoms with Gasteiger partial charge in [-0.1, -0.05) is 13.8 Å². The third-order valence-corrected chi connectivity index (χ3v) is 4.26. The molecule has 0 aliphatic carbocycles. The Morgan fingerprint density at radius 2 is 2.19 bits per heavy atom. The van der Waals surface area contributed by atoms with Gasteiger partial charge in [-0.05, 0) is 47.6 Å². The monoisotopic (exact) mass is 303 g/mol. The first kappa shape index (κ1) is 15.7. The lowest BCUT2D eigenvalue weighted by Crippen LogP contribution is -2.37. The van der Waals surface area contributed by atoms with Crippen LogP contribution in [0.5, 0.6) is 0 Å². The molecule has 0 aromatic carbocycles. The normalized spacial score (nSPS) is 12.3. The molecule has 0 aliphatic heterocycles. The summed E-state index contributed by atoms with van der Waals surface area (Å²) >= 11 is 1.69. The fourth-order valence-corrected chi connectivity index (χ4v) is 3.08. The van der Waals surface area contributed by atoms with Crippen LogP contribution in [-0.4, -0.2) is 35.4 Å². The zero-order valence-corrected chi connectivity index (χ0v) is 13.3. The van der Waals surface area contributed by atoms with Gasteiger partial charge in [0.1, 0.15) is 0 Å². The van der Waals surface area contributed by atoms with Crippen LogP contribution in [0.1, 0.15) is 35.8 Å². The van der Waals surface area contributed by atoms with E-state index in [0.29, 0.717) is 12.1 Å². The second kappa shape index (κ2) is 7.90. The highest BCUT2D eigenvalue weighted by atomic mass is 32.1. The fraction of sp³-hybridized carbons (Fsp3) is 0.375. The van der Waals surface area contributed by atoms with Crippen LogP contribution in [0, 0.1) is 0 Å². The number of thiophene rings is 1. The number of likely N-dealkylation sites (N-methyl/N-ethyl adjacent to an activating group) is 1. The lowest BCUT2D eigenvalue weighted by molar-refractivity contribution is 0.0934. The SMILES string of the molecule is CCN(CC)[C@H](CNC(=O)c1cccnc1)c1ccsc1. The number of amides is 1. The topological polar surface area (TPSA) is 45.2 Å². The third kappa shape index (κ3) is 4.12. The van der Waals surface area contributed by atoms with Crippen molar-refractivity contribution in [3.63, 3.8) is 0 Å². The van der Waals surface area contributed by atoms with Crippen molar-refractivity contribution in [3.05, 3.63) is 52.5 Å². The second-order valence-corrected chi connectivity index (χ2v) is 5.53. The van der Waals surface area contributed by atoms with Crippen LogP contribution >= 0.6 is 11.3 Å². The van der Waals surface area contributed by atoms with Crippen LogP contribution in [0.15, 0.2) is 41.4 Å². The largest absolute Gasteiger partial charge is 0.350 e. The molecule has 2 aromatic rings. The zero-order chi connectivity index (χ0) is 15.1. The number of carbonyl (C=O) groups is 1. The molecular weight excluding hydrogens is 282 g/mol.